The minimum Gasteiger partial charge on any atom is -0.507 e. The largest absolute Gasteiger partial charge is 0.507 e. The molecule has 114 valence electrons. The minimum absolute atomic E-state index is 0.175. The Morgan fingerprint density at radius 1 is 1.04 bits per heavy atom. The Kier molecular flexibility index (Phi) is 3.59. The van der Waals surface area contributed by atoms with Crippen LogP contribution in [0, 0.1) is 0 Å². The molecule has 2 heterocycles. The van der Waals surface area contributed by atoms with Gasteiger partial charge in [0.15, 0.2) is 5.82 Å². The van der Waals surface area contributed by atoms with Gasteiger partial charge in [-0.2, -0.15) is 0 Å². The highest BCUT2D eigenvalue weighted by Crippen LogP contribution is 2.34. The first-order valence-corrected chi connectivity index (χ1v) is 8.53. The minimum atomic E-state index is 0.175. The third kappa shape index (κ3) is 2.62. The van der Waals surface area contributed by atoms with Crippen molar-refractivity contribution in [2.75, 3.05) is 5.43 Å². The maximum atomic E-state index is 10.1. The number of phenols is 1. The van der Waals surface area contributed by atoms with Crippen LogP contribution in [0.15, 0.2) is 63.6 Å². The van der Waals surface area contributed by atoms with Crippen LogP contribution in [0.25, 0.3) is 17.1 Å². The van der Waals surface area contributed by atoms with Gasteiger partial charge in [0.25, 0.3) is 0 Å². The van der Waals surface area contributed by atoms with Crippen molar-refractivity contribution in [3.63, 3.8) is 0 Å². The van der Waals surface area contributed by atoms with E-state index in [0.717, 1.165) is 20.9 Å². The van der Waals surface area contributed by atoms with Crippen molar-refractivity contribution in [3.05, 3.63) is 64.0 Å². The van der Waals surface area contributed by atoms with Gasteiger partial charge in [0, 0.05) is 15.4 Å². The molecule has 1 aromatic heterocycles. The topological polar surface area (TPSA) is 63.0 Å². The van der Waals surface area contributed by atoms with E-state index >= 15 is 0 Å². The van der Waals surface area contributed by atoms with Gasteiger partial charge in [-0.15, -0.1) is 10.2 Å². The van der Waals surface area contributed by atoms with Gasteiger partial charge in [-0.1, -0.05) is 52.0 Å². The predicted octanol–water partition coefficient (Wildman–Crippen LogP) is 4.06. The maximum absolute atomic E-state index is 10.1. The van der Waals surface area contributed by atoms with E-state index in [-0.39, 0.29) is 5.75 Å². The van der Waals surface area contributed by atoms with Crippen LogP contribution in [0.1, 0.15) is 5.56 Å². The lowest BCUT2D eigenvalue weighted by Crippen LogP contribution is -2.18. The Hall–Kier alpha value is -2.25. The number of nitrogens with zero attached hydrogens (tertiary/aromatic N) is 3. The highest BCUT2D eigenvalue weighted by atomic mass is 79.9. The Morgan fingerprint density at radius 2 is 1.83 bits per heavy atom. The van der Waals surface area contributed by atoms with Crippen LogP contribution in [-0.4, -0.2) is 20.0 Å². The Balaban J connectivity index is 1.73. The molecule has 1 aliphatic heterocycles. The molecule has 0 aliphatic carbocycles. The van der Waals surface area contributed by atoms with Crippen molar-refractivity contribution >= 4 is 33.4 Å². The fraction of sp³-hybridized carbons (Fsp3) is 0. The van der Waals surface area contributed by atoms with Gasteiger partial charge < -0.3 is 5.11 Å². The van der Waals surface area contributed by atoms with Crippen molar-refractivity contribution in [1.29, 1.82) is 0 Å². The standard InChI is InChI=1S/C16H11BrN4OS/c17-11-7-5-10(6-8-11)13-9-23-16-19-18-15(21(16)20-13)12-3-1-2-4-14(12)22/h1-9,20,22H. The highest BCUT2D eigenvalue weighted by molar-refractivity contribution is 9.10. The number of aromatic hydroxyl groups is 1. The number of nitrogens with one attached hydrogen (secondary N) is 1. The van der Waals surface area contributed by atoms with Crippen LogP contribution in [0.2, 0.25) is 0 Å². The molecule has 0 atom stereocenters. The molecule has 0 spiro atoms. The molecule has 3 aromatic rings. The normalized spacial score (nSPS) is 13.2. The number of phenolic OH excluding ortho intramolecular Hbond substituents is 1. The number of benzene rings is 2. The maximum Gasteiger partial charge on any atom is 0.214 e. The van der Waals surface area contributed by atoms with Crippen LogP contribution in [0.5, 0.6) is 5.75 Å². The molecule has 4 rings (SSSR count). The van der Waals surface area contributed by atoms with Crippen molar-refractivity contribution in [2.24, 2.45) is 0 Å². The summed E-state index contributed by atoms with van der Waals surface area (Å²) in [5.74, 6) is 0.752. The van der Waals surface area contributed by atoms with E-state index in [2.05, 4.69) is 31.6 Å². The molecule has 2 N–H and O–H groups in total. The van der Waals surface area contributed by atoms with Gasteiger partial charge in [0.05, 0.1) is 11.3 Å². The van der Waals surface area contributed by atoms with E-state index in [9.17, 15) is 5.11 Å². The lowest BCUT2D eigenvalue weighted by atomic mass is 10.2. The summed E-state index contributed by atoms with van der Waals surface area (Å²) >= 11 is 4.93. The number of fused-ring (bicyclic) bond motifs is 1. The van der Waals surface area contributed by atoms with Crippen molar-refractivity contribution in [2.45, 2.75) is 5.16 Å². The monoisotopic (exact) mass is 386 g/mol. The Labute approximate surface area is 145 Å². The van der Waals surface area contributed by atoms with Crippen molar-refractivity contribution in [3.8, 4) is 17.1 Å². The molecule has 5 nitrogen and oxygen atoms in total. The molecular weight excluding hydrogens is 376 g/mol. The van der Waals surface area contributed by atoms with Gasteiger partial charge in [-0.25, -0.2) is 4.68 Å². The van der Waals surface area contributed by atoms with E-state index in [1.165, 1.54) is 11.8 Å². The van der Waals surface area contributed by atoms with Crippen LogP contribution < -0.4 is 5.43 Å². The van der Waals surface area contributed by atoms with Crippen LogP contribution in [0.4, 0.5) is 0 Å². The molecule has 23 heavy (non-hydrogen) atoms. The number of halogens is 1. The first kappa shape index (κ1) is 14.3. The summed E-state index contributed by atoms with van der Waals surface area (Å²) in [7, 11) is 0. The van der Waals surface area contributed by atoms with Crippen LogP contribution in [0.3, 0.4) is 0 Å². The van der Waals surface area contributed by atoms with Crippen molar-refractivity contribution in [1.82, 2.24) is 14.9 Å². The van der Waals surface area contributed by atoms with E-state index in [1.54, 1.807) is 16.8 Å². The number of hydrogen-bond donors (Lipinski definition) is 2. The number of rotatable bonds is 2. The molecule has 7 heteroatoms. The third-order valence-corrected chi connectivity index (χ3v) is 4.81. The van der Waals surface area contributed by atoms with Gasteiger partial charge in [-0.05, 0) is 24.3 Å². The molecule has 0 saturated carbocycles. The van der Waals surface area contributed by atoms with Gasteiger partial charge >= 0.3 is 0 Å². The number of hydrogen-bond acceptors (Lipinski definition) is 5. The van der Waals surface area contributed by atoms with E-state index < -0.39 is 0 Å². The summed E-state index contributed by atoms with van der Waals surface area (Å²) in [5.41, 5.74) is 5.96. The number of para-hydroxylation sites is 1. The van der Waals surface area contributed by atoms with Crippen LogP contribution >= 0.6 is 27.7 Å². The lowest BCUT2D eigenvalue weighted by molar-refractivity contribution is 0.476. The summed E-state index contributed by atoms with van der Waals surface area (Å²) < 4.78 is 2.82. The summed E-state index contributed by atoms with van der Waals surface area (Å²) in [5, 5.41) is 21.2. The molecule has 0 radical (unpaired) electrons. The molecule has 2 aromatic carbocycles. The summed E-state index contributed by atoms with van der Waals surface area (Å²) in [6.07, 6.45) is 0. The third-order valence-electron chi connectivity index (χ3n) is 3.45. The van der Waals surface area contributed by atoms with E-state index in [1.807, 2.05) is 41.8 Å². The zero-order valence-corrected chi connectivity index (χ0v) is 14.2. The lowest BCUT2D eigenvalue weighted by Gasteiger charge is -2.19. The zero-order chi connectivity index (χ0) is 15.8. The first-order valence-electron chi connectivity index (χ1n) is 6.86. The van der Waals surface area contributed by atoms with Gasteiger partial charge in [0.1, 0.15) is 5.75 Å². The SMILES string of the molecule is Oc1ccccc1-c1nnc2n1NC(c1ccc(Br)cc1)=CS2. The quantitative estimate of drug-likeness (QED) is 0.695. The summed E-state index contributed by atoms with van der Waals surface area (Å²) in [6, 6.07) is 15.1. The molecule has 0 bridgehead atoms. The van der Waals surface area contributed by atoms with Gasteiger partial charge in [-0.3, -0.25) is 5.43 Å². The average Bonchev–Trinajstić information content (AvgIpc) is 2.99. The highest BCUT2D eigenvalue weighted by Gasteiger charge is 2.20. The summed E-state index contributed by atoms with van der Waals surface area (Å²) in [4.78, 5) is 0. The van der Waals surface area contributed by atoms with E-state index in [0.29, 0.717) is 11.4 Å². The van der Waals surface area contributed by atoms with Crippen LogP contribution in [-0.2, 0) is 0 Å². The smallest absolute Gasteiger partial charge is 0.214 e. The Morgan fingerprint density at radius 3 is 2.61 bits per heavy atom. The van der Waals surface area contributed by atoms with Gasteiger partial charge in [0.2, 0.25) is 5.16 Å². The molecule has 1 aliphatic rings. The molecule has 0 unspecified atom stereocenters. The molecule has 0 fully saturated rings. The van der Waals surface area contributed by atoms with E-state index in [4.69, 9.17) is 0 Å². The van der Waals surface area contributed by atoms with Crippen molar-refractivity contribution < 1.29 is 5.11 Å². The number of thioether (sulfide) groups is 1. The fourth-order valence-corrected chi connectivity index (χ4v) is 3.31. The molecular formula is C16H11BrN4OS. The fourth-order valence-electron chi connectivity index (χ4n) is 2.30. The summed E-state index contributed by atoms with van der Waals surface area (Å²) in [6.45, 7) is 0. The average molecular weight is 387 g/mol. The molecule has 0 saturated heterocycles. The number of aromatic nitrogens is 3. The second kappa shape index (κ2) is 5.75. The first-order chi connectivity index (χ1) is 11.2. The zero-order valence-electron chi connectivity index (χ0n) is 11.8. The Bertz CT molecular complexity index is 905. The second-order valence-corrected chi connectivity index (χ2v) is 6.68. The second-order valence-electron chi connectivity index (χ2n) is 4.93. The predicted molar refractivity (Wildman–Crippen MR) is 94.5 cm³/mol. The molecule has 0 amide bonds.